The Bertz CT molecular complexity index is 268. The molecule has 0 radical (unpaired) electrons. The first kappa shape index (κ1) is 11.9. The van der Waals surface area contributed by atoms with Crippen molar-refractivity contribution >= 4 is 29.1 Å². The SMILES string of the molecule is Cl.NC1(C(=O)NC2CCS(=O)C2)CC1. The van der Waals surface area contributed by atoms with E-state index in [1.165, 1.54) is 0 Å². The van der Waals surface area contributed by atoms with Crippen LogP contribution in [-0.4, -0.2) is 33.2 Å². The lowest BCUT2D eigenvalue weighted by Crippen LogP contribution is -2.47. The van der Waals surface area contributed by atoms with Crippen molar-refractivity contribution < 1.29 is 9.00 Å². The minimum absolute atomic E-state index is 0. The molecule has 2 atom stereocenters. The fourth-order valence-electron chi connectivity index (χ4n) is 1.47. The van der Waals surface area contributed by atoms with Gasteiger partial charge >= 0.3 is 0 Å². The summed E-state index contributed by atoms with van der Waals surface area (Å²) in [7, 11) is -0.731. The van der Waals surface area contributed by atoms with Crippen LogP contribution in [0.5, 0.6) is 0 Å². The maximum atomic E-state index is 11.5. The Balaban J connectivity index is 0.000000980. The minimum Gasteiger partial charge on any atom is -0.351 e. The molecule has 2 aliphatic rings. The highest BCUT2D eigenvalue weighted by molar-refractivity contribution is 7.85. The van der Waals surface area contributed by atoms with Crippen molar-refractivity contribution in [2.45, 2.75) is 30.8 Å². The van der Waals surface area contributed by atoms with Gasteiger partial charge in [0.25, 0.3) is 0 Å². The van der Waals surface area contributed by atoms with Gasteiger partial charge < -0.3 is 11.1 Å². The molecule has 0 bridgehead atoms. The quantitative estimate of drug-likeness (QED) is 0.684. The van der Waals surface area contributed by atoms with E-state index >= 15 is 0 Å². The van der Waals surface area contributed by atoms with Crippen LogP contribution in [-0.2, 0) is 15.6 Å². The largest absolute Gasteiger partial charge is 0.351 e. The van der Waals surface area contributed by atoms with Crippen LogP contribution in [0.3, 0.4) is 0 Å². The van der Waals surface area contributed by atoms with Crippen LogP contribution in [0.2, 0.25) is 0 Å². The predicted molar refractivity (Wildman–Crippen MR) is 57.8 cm³/mol. The summed E-state index contributed by atoms with van der Waals surface area (Å²) in [6.07, 6.45) is 2.40. The van der Waals surface area contributed by atoms with Gasteiger partial charge in [-0.1, -0.05) is 0 Å². The van der Waals surface area contributed by atoms with E-state index in [0.29, 0.717) is 11.5 Å². The summed E-state index contributed by atoms with van der Waals surface area (Å²) in [5.74, 6) is 1.25. The van der Waals surface area contributed by atoms with E-state index in [2.05, 4.69) is 5.32 Å². The zero-order valence-electron chi connectivity index (χ0n) is 7.82. The fraction of sp³-hybridized carbons (Fsp3) is 0.875. The minimum atomic E-state index is -0.731. The second-order valence-corrected chi connectivity index (χ2v) is 5.55. The zero-order chi connectivity index (χ0) is 9.47. The molecule has 0 spiro atoms. The van der Waals surface area contributed by atoms with Gasteiger partial charge in [0.2, 0.25) is 5.91 Å². The lowest BCUT2D eigenvalue weighted by molar-refractivity contribution is -0.123. The van der Waals surface area contributed by atoms with Crippen LogP contribution >= 0.6 is 12.4 Å². The molecule has 1 saturated carbocycles. The highest BCUT2D eigenvalue weighted by Crippen LogP contribution is 2.32. The third-order valence-electron chi connectivity index (χ3n) is 2.66. The normalized spacial score (nSPS) is 33.2. The summed E-state index contributed by atoms with van der Waals surface area (Å²) in [6, 6.07) is 0.0920. The topological polar surface area (TPSA) is 72.2 Å². The Hall–Kier alpha value is -0.130. The number of carbonyl (C=O) groups excluding carboxylic acids is 1. The molecule has 1 aliphatic heterocycles. The van der Waals surface area contributed by atoms with Gasteiger partial charge in [-0.3, -0.25) is 9.00 Å². The van der Waals surface area contributed by atoms with Crippen molar-refractivity contribution in [3.8, 4) is 0 Å². The molecule has 1 saturated heterocycles. The van der Waals surface area contributed by atoms with Crippen molar-refractivity contribution in [1.29, 1.82) is 0 Å². The predicted octanol–water partition coefficient (Wildman–Crippen LogP) is -0.463. The average molecular weight is 239 g/mol. The van der Waals surface area contributed by atoms with E-state index in [9.17, 15) is 9.00 Å². The van der Waals surface area contributed by atoms with E-state index in [1.54, 1.807) is 0 Å². The monoisotopic (exact) mass is 238 g/mol. The lowest BCUT2D eigenvalue weighted by atomic mass is 10.2. The van der Waals surface area contributed by atoms with Crippen LogP contribution in [0.25, 0.3) is 0 Å². The van der Waals surface area contributed by atoms with Crippen LogP contribution in [0, 0.1) is 0 Å². The van der Waals surface area contributed by atoms with E-state index in [1.807, 2.05) is 0 Å². The number of amides is 1. The molecule has 1 aliphatic carbocycles. The second-order valence-electron chi connectivity index (χ2n) is 3.93. The molecule has 1 heterocycles. The fourth-order valence-corrected chi connectivity index (χ4v) is 2.88. The van der Waals surface area contributed by atoms with Gasteiger partial charge in [-0.05, 0) is 19.3 Å². The Labute approximate surface area is 91.9 Å². The molecule has 0 aromatic heterocycles. The van der Waals surface area contributed by atoms with E-state index < -0.39 is 16.3 Å². The van der Waals surface area contributed by atoms with Gasteiger partial charge in [-0.15, -0.1) is 12.4 Å². The average Bonchev–Trinajstić information content (AvgIpc) is 2.69. The molecule has 2 fully saturated rings. The van der Waals surface area contributed by atoms with Gasteiger partial charge in [-0.25, -0.2) is 0 Å². The van der Waals surface area contributed by atoms with Crippen molar-refractivity contribution in [2.24, 2.45) is 5.73 Å². The summed E-state index contributed by atoms with van der Waals surface area (Å²) in [6.45, 7) is 0. The first-order valence-corrected chi connectivity index (χ1v) is 6.04. The Morgan fingerprint density at radius 2 is 2.14 bits per heavy atom. The second kappa shape index (κ2) is 4.16. The van der Waals surface area contributed by atoms with Gasteiger partial charge in [0.15, 0.2) is 0 Å². The van der Waals surface area contributed by atoms with Crippen LogP contribution in [0.1, 0.15) is 19.3 Å². The molecular formula is C8H15ClN2O2S. The highest BCUT2D eigenvalue weighted by atomic mass is 35.5. The van der Waals surface area contributed by atoms with Crippen LogP contribution in [0.15, 0.2) is 0 Å². The van der Waals surface area contributed by atoms with E-state index in [-0.39, 0.29) is 24.4 Å². The Morgan fingerprint density at radius 3 is 2.57 bits per heavy atom. The number of carbonyl (C=O) groups is 1. The first-order chi connectivity index (χ1) is 6.10. The van der Waals surface area contributed by atoms with Crippen LogP contribution < -0.4 is 11.1 Å². The number of hydrogen-bond acceptors (Lipinski definition) is 3. The first-order valence-electron chi connectivity index (χ1n) is 4.55. The van der Waals surface area contributed by atoms with Crippen molar-refractivity contribution in [2.75, 3.05) is 11.5 Å². The molecule has 0 aromatic rings. The third kappa shape index (κ3) is 2.46. The van der Waals surface area contributed by atoms with Gasteiger partial charge in [-0.2, -0.15) is 0 Å². The lowest BCUT2D eigenvalue weighted by Gasteiger charge is -2.14. The summed E-state index contributed by atoms with van der Waals surface area (Å²) < 4.78 is 11.0. The molecule has 2 unspecified atom stereocenters. The number of nitrogens with one attached hydrogen (secondary N) is 1. The molecule has 0 aromatic carbocycles. The molecule has 82 valence electrons. The van der Waals surface area contributed by atoms with Gasteiger partial charge in [0.05, 0.1) is 5.54 Å². The van der Waals surface area contributed by atoms with Crippen molar-refractivity contribution in [3.05, 3.63) is 0 Å². The Kier molecular flexibility index (Phi) is 3.55. The van der Waals surface area contributed by atoms with Crippen molar-refractivity contribution in [1.82, 2.24) is 5.32 Å². The Morgan fingerprint density at radius 1 is 1.50 bits per heavy atom. The van der Waals surface area contributed by atoms with E-state index in [4.69, 9.17) is 5.73 Å². The molecule has 3 N–H and O–H groups in total. The summed E-state index contributed by atoms with van der Waals surface area (Å²) >= 11 is 0. The smallest absolute Gasteiger partial charge is 0.240 e. The van der Waals surface area contributed by atoms with E-state index in [0.717, 1.165) is 19.3 Å². The zero-order valence-corrected chi connectivity index (χ0v) is 9.46. The standard InChI is InChI=1S/C8H14N2O2S.ClH/c9-8(2-3-8)7(11)10-6-1-4-13(12)5-6;/h6H,1-5,9H2,(H,10,11);1H. The number of halogens is 1. The summed E-state index contributed by atoms with van der Waals surface area (Å²) in [4.78, 5) is 11.5. The maximum Gasteiger partial charge on any atom is 0.240 e. The number of hydrogen-bond donors (Lipinski definition) is 2. The molecular weight excluding hydrogens is 224 g/mol. The molecule has 4 nitrogen and oxygen atoms in total. The third-order valence-corrected chi connectivity index (χ3v) is 4.12. The number of nitrogens with two attached hydrogens (primary N) is 1. The molecule has 1 amide bonds. The summed E-state index contributed by atoms with van der Waals surface area (Å²) in [5, 5.41) is 2.85. The number of rotatable bonds is 2. The maximum absolute atomic E-state index is 11.5. The van der Waals surface area contributed by atoms with Gasteiger partial charge in [0, 0.05) is 28.3 Å². The van der Waals surface area contributed by atoms with Crippen molar-refractivity contribution in [3.63, 3.8) is 0 Å². The molecule has 6 heteroatoms. The summed E-state index contributed by atoms with van der Waals surface area (Å²) in [5.41, 5.74) is 5.12. The van der Waals surface area contributed by atoms with Crippen LogP contribution in [0.4, 0.5) is 0 Å². The molecule has 2 rings (SSSR count). The molecule has 14 heavy (non-hydrogen) atoms. The highest BCUT2D eigenvalue weighted by Gasteiger charge is 2.46. The van der Waals surface area contributed by atoms with Gasteiger partial charge in [0.1, 0.15) is 0 Å².